The summed E-state index contributed by atoms with van der Waals surface area (Å²) in [6.45, 7) is 12.8. The number of aliphatic imine (C=N–C) groups is 1. The predicted molar refractivity (Wildman–Crippen MR) is 119 cm³/mol. The van der Waals surface area contributed by atoms with Gasteiger partial charge in [0.2, 0.25) is 0 Å². The molecule has 0 bridgehead atoms. The van der Waals surface area contributed by atoms with Gasteiger partial charge in [-0.3, -0.25) is 9.89 Å². The Morgan fingerprint density at radius 2 is 2.00 bits per heavy atom. The Hall–Kier alpha value is -0.570. The van der Waals surface area contributed by atoms with Crippen molar-refractivity contribution in [3.05, 3.63) is 34.9 Å². The quantitative estimate of drug-likeness (QED) is 0.390. The molecule has 0 saturated carbocycles. The van der Waals surface area contributed by atoms with Gasteiger partial charge in [-0.05, 0) is 24.6 Å². The normalized spacial score (nSPS) is 20.3. The molecule has 146 valence electrons. The summed E-state index contributed by atoms with van der Waals surface area (Å²) in [7, 11) is 0. The highest BCUT2D eigenvalue weighted by Gasteiger charge is 2.33. The standard InChI is InChI=1S/C19H29ClN4O.HI/c1-3-21-18(22-13-19(2)14-25-15-19)24-9-7-23(8-10-24)12-16-5-4-6-17(20)11-16;/h4-6,11H,3,7-10,12-15H2,1-2H3,(H,21,22);1H. The molecule has 0 unspecified atom stereocenters. The molecule has 2 heterocycles. The summed E-state index contributed by atoms with van der Waals surface area (Å²) in [5.41, 5.74) is 1.49. The first kappa shape index (κ1) is 21.7. The van der Waals surface area contributed by atoms with Crippen LogP contribution in [0.5, 0.6) is 0 Å². The molecule has 1 N–H and O–H groups in total. The van der Waals surface area contributed by atoms with Crippen molar-refractivity contribution in [1.29, 1.82) is 0 Å². The Morgan fingerprint density at radius 1 is 1.27 bits per heavy atom. The van der Waals surface area contributed by atoms with Crippen molar-refractivity contribution in [2.24, 2.45) is 10.4 Å². The van der Waals surface area contributed by atoms with Gasteiger partial charge in [-0.2, -0.15) is 0 Å². The fourth-order valence-electron chi connectivity index (χ4n) is 3.24. The zero-order valence-electron chi connectivity index (χ0n) is 15.7. The Morgan fingerprint density at radius 3 is 2.58 bits per heavy atom. The van der Waals surface area contributed by atoms with Crippen LogP contribution in [-0.2, 0) is 11.3 Å². The second kappa shape index (κ2) is 10.1. The largest absolute Gasteiger partial charge is 0.380 e. The van der Waals surface area contributed by atoms with Crippen LogP contribution in [0.2, 0.25) is 5.02 Å². The molecule has 3 rings (SSSR count). The maximum atomic E-state index is 6.09. The van der Waals surface area contributed by atoms with Crippen LogP contribution in [0.25, 0.3) is 0 Å². The molecular weight excluding hydrogens is 463 g/mol. The number of benzene rings is 1. The monoisotopic (exact) mass is 492 g/mol. The highest BCUT2D eigenvalue weighted by molar-refractivity contribution is 14.0. The number of ether oxygens (including phenoxy) is 1. The van der Waals surface area contributed by atoms with E-state index in [0.29, 0.717) is 0 Å². The maximum absolute atomic E-state index is 6.09. The van der Waals surface area contributed by atoms with E-state index >= 15 is 0 Å². The Balaban J connectivity index is 0.00000243. The lowest BCUT2D eigenvalue weighted by Gasteiger charge is -2.39. The summed E-state index contributed by atoms with van der Waals surface area (Å²) < 4.78 is 5.34. The van der Waals surface area contributed by atoms with Crippen LogP contribution in [0, 0.1) is 5.41 Å². The van der Waals surface area contributed by atoms with E-state index in [-0.39, 0.29) is 29.4 Å². The molecule has 0 amide bonds. The third-order valence-corrected chi connectivity index (χ3v) is 5.05. The van der Waals surface area contributed by atoms with Gasteiger partial charge >= 0.3 is 0 Å². The number of hydrogen-bond acceptors (Lipinski definition) is 3. The number of nitrogens with one attached hydrogen (secondary N) is 1. The lowest BCUT2D eigenvalue weighted by atomic mass is 9.89. The summed E-state index contributed by atoms with van der Waals surface area (Å²) in [5.74, 6) is 1.04. The van der Waals surface area contributed by atoms with Crippen molar-refractivity contribution in [2.45, 2.75) is 20.4 Å². The first-order valence-electron chi connectivity index (χ1n) is 9.16. The first-order valence-corrected chi connectivity index (χ1v) is 9.54. The van der Waals surface area contributed by atoms with Crippen molar-refractivity contribution in [2.75, 3.05) is 52.5 Å². The van der Waals surface area contributed by atoms with Gasteiger partial charge in [0, 0.05) is 49.7 Å². The molecule has 1 aromatic rings. The van der Waals surface area contributed by atoms with Gasteiger partial charge in [-0.15, -0.1) is 24.0 Å². The second-order valence-corrected chi connectivity index (χ2v) is 7.80. The number of nitrogens with zero attached hydrogens (tertiary/aromatic N) is 3. The number of halogens is 2. The third kappa shape index (κ3) is 5.97. The lowest BCUT2D eigenvalue weighted by molar-refractivity contribution is -0.0946. The summed E-state index contributed by atoms with van der Waals surface area (Å²) in [6.07, 6.45) is 0. The zero-order valence-corrected chi connectivity index (χ0v) is 18.8. The maximum Gasteiger partial charge on any atom is 0.194 e. The molecule has 2 aliphatic rings. The topological polar surface area (TPSA) is 40.1 Å². The average molecular weight is 493 g/mol. The minimum Gasteiger partial charge on any atom is -0.380 e. The first-order chi connectivity index (χ1) is 12.1. The van der Waals surface area contributed by atoms with Crippen LogP contribution in [-0.4, -0.2) is 68.2 Å². The van der Waals surface area contributed by atoms with E-state index in [1.807, 2.05) is 12.1 Å². The molecule has 2 saturated heterocycles. The van der Waals surface area contributed by atoms with Crippen LogP contribution < -0.4 is 5.32 Å². The summed E-state index contributed by atoms with van der Waals surface area (Å²) >= 11 is 6.09. The Labute approximate surface area is 179 Å². The van der Waals surface area contributed by atoms with E-state index < -0.39 is 0 Å². The average Bonchev–Trinajstić information content (AvgIpc) is 2.58. The minimum atomic E-state index is 0. The Bertz CT molecular complexity index is 601. The molecule has 2 aliphatic heterocycles. The summed E-state index contributed by atoms with van der Waals surface area (Å²) in [6, 6.07) is 8.15. The minimum absolute atomic E-state index is 0. The van der Waals surface area contributed by atoms with Crippen molar-refractivity contribution in [3.63, 3.8) is 0 Å². The van der Waals surface area contributed by atoms with Gasteiger partial charge < -0.3 is 15.0 Å². The smallest absolute Gasteiger partial charge is 0.194 e. The molecule has 2 fully saturated rings. The molecule has 1 aromatic carbocycles. The van der Waals surface area contributed by atoms with E-state index in [0.717, 1.165) is 70.0 Å². The van der Waals surface area contributed by atoms with E-state index in [2.05, 4.69) is 41.1 Å². The molecule has 5 nitrogen and oxygen atoms in total. The van der Waals surface area contributed by atoms with E-state index in [1.165, 1.54) is 5.56 Å². The summed E-state index contributed by atoms with van der Waals surface area (Å²) in [5, 5.41) is 4.26. The van der Waals surface area contributed by atoms with E-state index in [4.69, 9.17) is 21.3 Å². The van der Waals surface area contributed by atoms with Crippen LogP contribution in [0.4, 0.5) is 0 Å². The van der Waals surface area contributed by atoms with Gasteiger partial charge in [-0.25, -0.2) is 0 Å². The highest BCUT2D eigenvalue weighted by Crippen LogP contribution is 2.26. The Kier molecular flexibility index (Phi) is 8.44. The number of hydrogen-bond donors (Lipinski definition) is 1. The van der Waals surface area contributed by atoms with Gasteiger partial charge in [0.15, 0.2) is 5.96 Å². The van der Waals surface area contributed by atoms with Gasteiger partial charge in [0.1, 0.15) is 0 Å². The van der Waals surface area contributed by atoms with Crippen LogP contribution in [0.15, 0.2) is 29.3 Å². The SMILES string of the molecule is CCNC(=NCC1(C)COC1)N1CCN(Cc2cccc(Cl)c2)CC1.I. The predicted octanol–water partition coefficient (Wildman–Crippen LogP) is 3.08. The zero-order chi connectivity index (χ0) is 17.7. The van der Waals surface area contributed by atoms with Gasteiger partial charge in [0.05, 0.1) is 19.8 Å². The number of piperazine rings is 1. The van der Waals surface area contributed by atoms with Crippen molar-refractivity contribution < 1.29 is 4.74 Å². The van der Waals surface area contributed by atoms with Gasteiger partial charge in [-0.1, -0.05) is 30.7 Å². The fraction of sp³-hybridized carbons (Fsp3) is 0.632. The highest BCUT2D eigenvalue weighted by atomic mass is 127. The molecule has 0 aliphatic carbocycles. The molecule has 0 atom stereocenters. The molecule has 0 spiro atoms. The van der Waals surface area contributed by atoms with Crippen LogP contribution in [0.1, 0.15) is 19.4 Å². The van der Waals surface area contributed by atoms with E-state index in [9.17, 15) is 0 Å². The molecule has 26 heavy (non-hydrogen) atoms. The van der Waals surface area contributed by atoms with Gasteiger partial charge in [0.25, 0.3) is 0 Å². The fourth-order valence-corrected chi connectivity index (χ4v) is 3.46. The molecule has 0 radical (unpaired) electrons. The number of guanidine groups is 1. The van der Waals surface area contributed by atoms with Crippen molar-refractivity contribution in [3.8, 4) is 0 Å². The van der Waals surface area contributed by atoms with Crippen LogP contribution in [0.3, 0.4) is 0 Å². The van der Waals surface area contributed by atoms with Crippen molar-refractivity contribution >= 4 is 41.5 Å². The number of rotatable bonds is 5. The van der Waals surface area contributed by atoms with Crippen molar-refractivity contribution in [1.82, 2.24) is 15.1 Å². The second-order valence-electron chi connectivity index (χ2n) is 7.37. The third-order valence-electron chi connectivity index (χ3n) is 4.81. The molecule has 0 aromatic heterocycles. The molecule has 7 heteroatoms. The lowest BCUT2D eigenvalue weighted by Crippen LogP contribution is -2.52. The van der Waals surface area contributed by atoms with E-state index in [1.54, 1.807) is 0 Å². The van der Waals surface area contributed by atoms with Crippen LogP contribution >= 0.6 is 35.6 Å². The summed E-state index contributed by atoms with van der Waals surface area (Å²) in [4.78, 5) is 9.72. The molecular formula is C19H30ClIN4O.